The Hall–Kier alpha value is -7.76. The lowest BCUT2D eigenvalue weighted by Gasteiger charge is -2.24. The van der Waals surface area contributed by atoms with Gasteiger partial charge in [0.25, 0.3) is 0 Å². The summed E-state index contributed by atoms with van der Waals surface area (Å²) in [6.45, 7) is 0. The van der Waals surface area contributed by atoms with Gasteiger partial charge in [0.05, 0.1) is 16.7 Å². The highest BCUT2D eigenvalue weighted by Gasteiger charge is 2.25. The summed E-state index contributed by atoms with van der Waals surface area (Å²) >= 11 is 0. The van der Waals surface area contributed by atoms with E-state index in [0.29, 0.717) is 5.84 Å². The number of para-hydroxylation sites is 1. The van der Waals surface area contributed by atoms with Crippen molar-refractivity contribution in [2.24, 2.45) is 9.98 Å². The summed E-state index contributed by atoms with van der Waals surface area (Å²) in [7, 11) is 0. The minimum absolute atomic E-state index is 0.354. The van der Waals surface area contributed by atoms with E-state index in [1.807, 2.05) is 18.2 Å². The highest BCUT2D eigenvalue weighted by Crippen LogP contribution is 2.42. The molecule has 0 spiro atoms. The third-order valence-electron chi connectivity index (χ3n) is 11.6. The van der Waals surface area contributed by atoms with E-state index in [1.54, 1.807) is 0 Å². The van der Waals surface area contributed by atoms with E-state index >= 15 is 0 Å². The van der Waals surface area contributed by atoms with Crippen molar-refractivity contribution < 1.29 is 4.42 Å². The molecule has 0 saturated heterocycles. The van der Waals surface area contributed by atoms with Gasteiger partial charge < -0.3 is 14.3 Å². The molecule has 0 radical (unpaired) electrons. The van der Waals surface area contributed by atoms with Crippen LogP contribution in [0.1, 0.15) is 22.9 Å². The molecule has 0 bridgehead atoms. The first-order chi connectivity index (χ1) is 28.7. The third kappa shape index (κ3) is 5.17. The number of rotatable bonds is 5. The van der Waals surface area contributed by atoms with E-state index in [-0.39, 0.29) is 6.17 Å². The molecule has 1 N–H and O–H groups in total. The maximum absolute atomic E-state index is 6.87. The Kier molecular flexibility index (Phi) is 7.23. The van der Waals surface area contributed by atoms with Gasteiger partial charge in [-0.2, -0.15) is 0 Å². The van der Waals surface area contributed by atoms with Crippen molar-refractivity contribution in [2.75, 3.05) is 0 Å². The molecule has 3 heterocycles. The minimum Gasteiger partial charge on any atom is -0.454 e. The van der Waals surface area contributed by atoms with Crippen LogP contribution < -0.4 is 5.32 Å². The zero-order valence-corrected chi connectivity index (χ0v) is 31.3. The van der Waals surface area contributed by atoms with Crippen LogP contribution in [0.4, 0.5) is 0 Å². The van der Waals surface area contributed by atoms with Crippen molar-refractivity contribution in [2.45, 2.75) is 6.17 Å². The Morgan fingerprint density at radius 3 is 2.00 bits per heavy atom. The number of furan rings is 1. The van der Waals surface area contributed by atoms with Crippen LogP contribution in [0.5, 0.6) is 0 Å². The highest BCUT2D eigenvalue weighted by atomic mass is 16.3. The molecule has 1 unspecified atom stereocenters. The number of nitrogens with one attached hydrogen (secondary N) is 1. The zero-order valence-electron chi connectivity index (χ0n) is 31.3. The molecule has 11 aromatic rings. The van der Waals surface area contributed by atoms with Gasteiger partial charge in [0.2, 0.25) is 0 Å². The number of amidine groups is 2. The van der Waals surface area contributed by atoms with Gasteiger partial charge in [-0.25, -0.2) is 9.98 Å². The second-order valence-electron chi connectivity index (χ2n) is 15.0. The van der Waals surface area contributed by atoms with E-state index in [2.05, 4.69) is 186 Å². The quantitative estimate of drug-likeness (QED) is 0.191. The van der Waals surface area contributed by atoms with Gasteiger partial charge in [-0.3, -0.25) is 0 Å². The van der Waals surface area contributed by atoms with Crippen LogP contribution in [0.2, 0.25) is 0 Å². The Bertz CT molecular complexity index is 3480. The van der Waals surface area contributed by atoms with Crippen LogP contribution in [0.15, 0.2) is 209 Å². The molecule has 2 aromatic heterocycles. The first kappa shape index (κ1) is 32.5. The molecule has 1 aliphatic rings. The van der Waals surface area contributed by atoms with E-state index in [9.17, 15) is 0 Å². The standard InChI is InChI=1S/C53H34N4O/c1-3-14-33(15-4-1)36-21-13-22-39(28-36)52-54-51(35-17-5-2-6-18-35)55-53(56-52)40-30-45-42-24-11-12-25-48(42)58-50(45)47(32-40)57-46-31-38-20-8-7-19-37(38)29-44(46)43-27-26-34-16-9-10-23-41(34)49(43)57/h1-32,51H,(H,54,55,56). The monoisotopic (exact) mass is 742 g/mol. The number of hydrogen-bond acceptors (Lipinski definition) is 4. The SMILES string of the molecule is c1ccc(-c2cccc(C3=NC(c4cc(-n5c6cc7ccccc7cc6c6ccc7ccccc7c65)c5oc6ccccc6c5c4)=NC(c4ccccc4)N3)c2)cc1. The lowest BCUT2D eigenvalue weighted by atomic mass is 10.0. The Morgan fingerprint density at radius 1 is 0.466 bits per heavy atom. The summed E-state index contributed by atoms with van der Waals surface area (Å²) in [5, 5.41) is 12.9. The zero-order chi connectivity index (χ0) is 38.2. The molecule has 12 rings (SSSR count). The lowest BCUT2D eigenvalue weighted by molar-refractivity contribution is 0.666. The van der Waals surface area contributed by atoms with Crippen LogP contribution in [-0.4, -0.2) is 16.2 Å². The molecule has 0 aliphatic carbocycles. The predicted octanol–water partition coefficient (Wildman–Crippen LogP) is 13.2. The van der Waals surface area contributed by atoms with Gasteiger partial charge in [0.15, 0.2) is 11.4 Å². The molecule has 0 fully saturated rings. The smallest absolute Gasteiger partial charge is 0.159 e. The van der Waals surface area contributed by atoms with Crippen LogP contribution in [0, 0.1) is 0 Å². The van der Waals surface area contributed by atoms with Crippen LogP contribution in [0.3, 0.4) is 0 Å². The van der Waals surface area contributed by atoms with Crippen LogP contribution in [-0.2, 0) is 0 Å². The summed E-state index contributed by atoms with van der Waals surface area (Å²) in [6.07, 6.45) is -0.354. The van der Waals surface area contributed by atoms with Crippen molar-refractivity contribution >= 4 is 77.0 Å². The molecule has 0 saturated carbocycles. The molecule has 1 aliphatic heterocycles. The highest BCUT2D eigenvalue weighted by molar-refractivity contribution is 6.22. The number of benzene rings is 9. The Labute approximate surface area is 333 Å². The van der Waals surface area contributed by atoms with Gasteiger partial charge in [0, 0.05) is 38.1 Å². The summed E-state index contributed by atoms with van der Waals surface area (Å²) < 4.78 is 9.29. The molecular formula is C53H34N4O. The normalized spacial score (nSPS) is 14.4. The van der Waals surface area contributed by atoms with Gasteiger partial charge >= 0.3 is 0 Å². The van der Waals surface area contributed by atoms with E-state index in [1.165, 1.54) is 32.3 Å². The van der Waals surface area contributed by atoms with Crippen molar-refractivity contribution in [1.29, 1.82) is 0 Å². The molecule has 5 heteroatoms. The molecule has 5 nitrogen and oxygen atoms in total. The number of aromatic nitrogens is 1. The molecule has 1 atom stereocenters. The first-order valence-corrected chi connectivity index (χ1v) is 19.7. The molecule has 272 valence electrons. The molecule has 58 heavy (non-hydrogen) atoms. The number of fused-ring (bicyclic) bond motifs is 9. The van der Waals surface area contributed by atoms with Gasteiger partial charge in [-0.1, -0.05) is 158 Å². The fourth-order valence-electron chi connectivity index (χ4n) is 8.83. The van der Waals surface area contributed by atoms with Gasteiger partial charge in [-0.05, 0) is 69.2 Å². The fourth-order valence-corrected chi connectivity index (χ4v) is 8.83. The summed E-state index contributed by atoms with van der Waals surface area (Å²) in [5.41, 5.74) is 10.1. The van der Waals surface area contributed by atoms with E-state index in [4.69, 9.17) is 14.4 Å². The summed E-state index contributed by atoms with van der Waals surface area (Å²) in [4.78, 5) is 10.7. The predicted molar refractivity (Wildman–Crippen MR) is 240 cm³/mol. The maximum Gasteiger partial charge on any atom is 0.159 e. The number of nitrogens with zero attached hydrogens (tertiary/aromatic N) is 3. The average molecular weight is 743 g/mol. The van der Waals surface area contributed by atoms with Crippen molar-refractivity contribution in [3.63, 3.8) is 0 Å². The lowest BCUT2D eigenvalue weighted by Crippen LogP contribution is -2.33. The Balaban J connectivity index is 1.16. The fraction of sp³-hybridized carbons (Fsp3) is 0.0189. The van der Waals surface area contributed by atoms with Crippen LogP contribution in [0.25, 0.3) is 82.1 Å². The number of hydrogen-bond donors (Lipinski definition) is 1. The molecular weight excluding hydrogens is 709 g/mol. The van der Waals surface area contributed by atoms with Crippen molar-refractivity contribution in [3.8, 4) is 16.8 Å². The van der Waals surface area contributed by atoms with Crippen molar-refractivity contribution in [1.82, 2.24) is 9.88 Å². The maximum atomic E-state index is 6.87. The average Bonchev–Trinajstić information content (AvgIpc) is 3.84. The van der Waals surface area contributed by atoms with Gasteiger partial charge in [0.1, 0.15) is 17.6 Å². The Morgan fingerprint density at radius 2 is 1.16 bits per heavy atom. The van der Waals surface area contributed by atoms with Gasteiger partial charge in [-0.15, -0.1) is 0 Å². The summed E-state index contributed by atoms with van der Waals surface area (Å²) in [6, 6.07) is 68.6. The molecule has 0 amide bonds. The van der Waals surface area contributed by atoms with E-state index < -0.39 is 0 Å². The molecule has 9 aromatic carbocycles. The second kappa shape index (κ2) is 12.9. The summed E-state index contributed by atoms with van der Waals surface area (Å²) in [5.74, 6) is 1.42. The van der Waals surface area contributed by atoms with Crippen molar-refractivity contribution in [3.05, 3.63) is 211 Å². The minimum atomic E-state index is -0.354. The van der Waals surface area contributed by atoms with E-state index in [0.717, 1.165) is 72.3 Å². The topological polar surface area (TPSA) is 54.8 Å². The number of aliphatic imine (C=N–C) groups is 2. The first-order valence-electron chi connectivity index (χ1n) is 19.7. The van der Waals surface area contributed by atoms with Crippen LogP contribution >= 0.6 is 0 Å². The second-order valence-corrected chi connectivity index (χ2v) is 15.0. The largest absolute Gasteiger partial charge is 0.454 e. The third-order valence-corrected chi connectivity index (χ3v) is 11.6.